The summed E-state index contributed by atoms with van der Waals surface area (Å²) in [6.45, 7) is 4.40. The maximum atomic E-state index is 14.4. The summed E-state index contributed by atoms with van der Waals surface area (Å²) < 4.78 is 14.4. The highest BCUT2D eigenvalue weighted by molar-refractivity contribution is 7.71. The summed E-state index contributed by atoms with van der Waals surface area (Å²) >= 11 is 0. The number of fused-ring (bicyclic) bond motifs is 3. The number of hydrogen-bond donors (Lipinski definition) is 0. The molecule has 0 saturated heterocycles. The molecule has 0 spiro atoms. The van der Waals surface area contributed by atoms with Crippen LogP contribution in [0.3, 0.4) is 0 Å². The quantitative estimate of drug-likeness (QED) is 0.151. The zero-order valence-electron chi connectivity index (χ0n) is 24.0. The topological polar surface area (TPSA) is 17.1 Å². The second kappa shape index (κ2) is 11.8. The van der Waals surface area contributed by atoms with Gasteiger partial charge in [-0.15, -0.1) is 0 Å². The summed E-state index contributed by atoms with van der Waals surface area (Å²) in [6, 6.07) is 26.7. The molecule has 0 N–H and O–H groups in total. The molecule has 2 aliphatic rings. The molecule has 4 aromatic carbocycles. The monoisotopic (exact) mass is 544 g/mol. The Morgan fingerprint density at radius 1 is 0.800 bits per heavy atom. The van der Waals surface area contributed by atoms with Crippen molar-refractivity contribution in [3.8, 4) is 11.1 Å². The summed E-state index contributed by atoms with van der Waals surface area (Å²) in [6.07, 6.45) is 18.8. The van der Waals surface area contributed by atoms with Crippen LogP contribution >= 0.6 is 7.14 Å². The number of allylic oxidation sites excluding steroid dienone is 6. The lowest BCUT2D eigenvalue weighted by atomic mass is 9.78. The van der Waals surface area contributed by atoms with Crippen molar-refractivity contribution >= 4 is 34.0 Å². The number of hydrogen-bond acceptors (Lipinski definition) is 1. The zero-order chi connectivity index (χ0) is 27.5. The molecule has 4 aromatic rings. The lowest BCUT2D eigenvalue weighted by Gasteiger charge is -2.26. The molecule has 0 saturated carbocycles. The summed E-state index contributed by atoms with van der Waals surface area (Å²) in [5, 5.41) is 6.30. The Balaban J connectivity index is 1.55. The first-order valence-corrected chi connectivity index (χ1v) is 17.4. The van der Waals surface area contributed by atoms with Gasteiger partial charge in [0.25, 0.3) is 0 Å². The number of rotatable bonds is 9. The van der Waals surface area contributed by atoms with Crippen LogP contribution in [0.2, 0.25) is 0 Å². The largest absolute Gasteiger partial charge is 0.319 e. The standard InChI is InChI=1S/C38H41OP/c1-3-5-24-40(39,25-6-4-2)32-17-13-16-30(27-32)37-33-18-9-11-20-35(33)38(36-21-12-10-19-34(36)37)31-23-22-28-14-7-8-15-29(28)26-31/h8-13,15-22,26-27,31H,3-7,14,23-25H2,1-2H3. The maximum Gasteiger partial charge on any atom is 0.115 e. The van der Waals surface area contributed by atoms with Crippen molar-refractivity contribution in [2.75, 3.05) is 12.3 Å². The van der Waals surface area contributed by atoms with Crippen LogP contribution in [0, 0.1) is 0 Å². The third-order valence-electron chi connectivity index (χ3n) is 8.94. The molecule has 0 bridgehead atoms. The van der Waals surface area contributed by atoms with Crippen molar-refractivity contribution in [1.29, 1.82) is 0 Å². The normalized spacial score (nSPS) is 17.1. The Bertz CT molecular complexity index is 1620. The lowest BCUT2D eigenvalue weighted by molar-refractivity contribution is 0.576. The second-order valence-electron chi connectivity index (χ2n) is 11.6. The first-order chi connectivity index (χ1) is 19.6. The van der Waals surface area contributed by atoms with Crippen molar-refractivity contribution in [3.63, 3.8) is 0 Å². The van der Waals surface area contributed by atoms with E-state index in [1.807, 2.05) is 0 Å². The molecule has 0 fully saturated rings. The summed E-state index contributed by atoms with van der Waals surface area (Å²) in [7, 11) is -2.44. The van der Waals surface area contributed by atoms with Gasteiger partial charge in [-0.3, -0.25) is 0 Å². The summed E-state index contributed by atoms with van der Waals surface area (Å²) in [5.74, 6) is 0.347. The van der Waals surface area contributed by atoms with Gasteiger partial charge < -0.3 is 4.57 Å². The Hall–Kier alpha value is -3.15. The van der Waals surface area contributed by atoms with Crippen molar-refractivity contribution in [1.82, 2.24) is 0 Å². The minimum absolute atomic E-state index is 0.347. The minimum atomic E-state index is -2.44. The number of benzene rings is 4. The Labute approximate surface area is 240 Å². The van der Waals surface area contributed by atoms with E-state index in [2.05, 4.69) is 111 Å². The predicted molar refractivity (Wildman–Crippen MR) is 176 cm³/mol. The molecule has 0 heterocycles. The van der Waals surface area contributed by atoms with Crippen LogP contribution in [-0.4, -0.2) is 12.3 Å². The fourth-order valence-corrected chi connectivity index (χ4v) is 9.95. The third kappa shape index (κ3) is 5.06. The molecule has 1 nitrogen and oxygen atoms in total. The van der Waals surface area contributed by atoms with Crippen LogP contribution in [0.15, 0.2) is 108 Å². The van der Waals surface area contributed by atoms with Crippen LogP contribution in [0.4, 0.5) is 0 Å². The molecule has 0 aliphatic heterocycles. The molecular formula is C38H41OP. The van der Waals surface area contributed by atoms with Gasteiger partial charge in [-0.1, -0.05) is 118 Å². The highest BCUT2D eigenvalue weighted by atomic mass is 31.2. The van der Waals surface area contributed by atoms with Gasteiger partial charge in [-0.25, -0.2) is 0 Å². The van der Waals surface area contributed by atoms with E-state index >= 15 is 0 Å². The fourth-order valence-electron chi connectivity index (χ4n) is 6.82. The van der Waals surface area contributed by atoms with Crippen molar-refractivity contribution in [2.45, 2.75) is 64.7 Å². The van der Waals surface area contributed by atoms with E-state index in [0.717, 1.165) is 62.6 Å². The Kier molecular flexibility index (Phi) is 7.95. The highest BCUT2D eigenvalue weighted by Crippen LogP contribution is 2.49. The molecule has 2 heteroatoms. The van der Waals surface area contributed by atoms with E-state index in [9.17, 15) is 4.57 Å². The van der Waals surface area contributed by atoms with E-state index < -0.39 is 7.14 Å². The molecule has 204 valence electrons. The van der Waals surface area contributed by atoms with E-state index in [1.165, 1.54) is 49.4 Å². The van der Waals surface area contributed by atoms with E-state index in [0.29, 0.717) is 5.92 Å². The third-order valence-corrected chi connectivity index (χ3v) is 12.2. The molecule has 2 aliphatic carbocycles. The van der Waals surface area contributed by atoms with Gasteiger partial charge >= 0.3 is 0 Å². The van der Waals surface area contributed by atoms with Gasteiger partial charge in [0, 0.05) is 23.5 Å². The van der Waals surface area contributed by atoms with Gasteiger partial charge in [0.1, 0.15) is 7.14 Å². The van der Waals surface area contributed by atoms with E-state index in [-0.39, 0.29) is 0 Å². The van der Waals surface area contributed by atoms with Crippen LogP contribution < -0.4 is 5.30 Å². The summed E-state index contributed by atoms with van der Waals surface area (Å²) in [4.78, 5) is 0. The molecule has 0 aromatic heterocycles. The molecular weight excluding hydrogens is 503 g/mol. The van der Waals surface area contributed by atoms with Crippen molar-refractivity contribution in [3.05, 3.63) is 114 Å². The first-order valence-electron chi connectivity index (χ1n) is 15.3. The van der Waals surface area contributed by atoms with Gasteiger partial charge in [0.2, 0.25) is 0 Å². The Morgan fingerprint density at radius 2 is 1.45 bits per heavy atom. The maximum absolute atomic E-state index is 14.4. The van der Waals surface area contributed by atoms with Gasteiger partial charge in [-0.2, -0.15) is 0 Å². The lowest BCUT2D eigenvalue weighted by Crippen LogP contribution is -2.11. The molecule has 6 rings (SSSR count). The molecule has 0 radical (unpaired) electrons. The zero-order valence-corrected chi connectivity index (χ0v) is 24.9. The van der Waals surface area contributed by atoms with Gasteiger partial charge in [0.05, 0.1) is 0 Å². The first kappa shape index (κ1) is 27.0. The average molecular weight is 545 g/mol. The predicted octanol–water partition coefficient (Wildman–Crippen LogP) is 10.9. The molecule has 0 amide bonds. The fraction of sp³-hybridized carbons (Fsp3) is 0.316. The molecule has 1 atom stereocenters. The van der Waals surface area contributed by atoms with Gasteiger partial charge in [0.15, 0.2) is 0 Å². The second-order valence-corrected chi connectivity index (χ2v) is 14.8. The van der Waals surface area contributed by atoms with E-state index in [4.69, 9.17) is 0 Å². The molecule has 40 heavy (non-hydrogen) atoms. The van der Waals surface area contributed by atoms with Gasteiger partial charge in [-0.05, 0) is 87.6 Å². The smallest absolute Gasteiger partial charge is 0.115 e. The minimum Gasteiger partial charge on any atom is -0.319 e. The van der Waals surface area contributed by atoms with Crippen LogP contribution in [0.1, 0.15) is 70.3 Å². The van der Waals surface area contributed by atoms with Crippen LogP contribution in [0.5, 0.6) is 0 Å². The van der Waals surface area contributed by atoms with Crippen LogP contribution in [-0.2, 0) is 4.57 Å². The summed E-state index contributed by atoms with van der Waals surface area (Å²) in [5.41, 5.74) is 6.80. The molecule has 1 unspecified atom stereocenters. The highest BCUT2D eigenvalue weighted by Gasteiger charge is 2.26. The van der Waals surface area contributed by atoms with Crippen LogP contribution in [0.25, 0.3) is 32.7 Å². The van der Waals surface area contributed by atoms with Crippen molar-refractivity contribution < 1.29 is 4.57 Å². The number of unbranched alkanes of at least 4 members (excludes halogenated alkanes) is 2. The van der Waals surface area contributed by atoms with Crippen molar-refractivity contribution in [2.24, 2.45) is 0 Å². The SMILES string of the molecule is CCCCP(=O)(CCCC)c1cccc(-c2c3ccccc3c(C3C=C4C=CCCC4=CC3)c3ccccc23)c1. The Morgan fingerprint density at radius 3 is 2.10 bits per heavy atom. The average Bonchev–Trinajstić information content (AvgIpc) is 3.01. The van der Waals surface area contributed by atoms with E-state index in [1.54, 1.807) is 0 Å².